The van der Waals surface area contributed by atoms with Gasteiger partial charge in [-0.25, -0.2) is 9.37 Å². The van der Waals surface area contributed by atoms with Gasteiger partial charge in [-0.1, -0.05) is 23.9 Å². The van der Waals surface area contributed by atoms with Crippen molar-refractivity contribution in [3.63, 3.8) is 0 Å². The van der Waals surface area contributed by atoms with Crippen LogP contribution in [0.25, 0.3) is 0 Å². The third-order valence-electron chi connectivity index (χ3n) is 2.26. The summed E-state index contributed by atoms with van der Waals surface area (Å²) in [6.07, 6.45) is 1.08. The molecule has 0 radical (unpaired) electrons. The standard InChI is InChI=1S/C13H12FNOS/c1-9(16)12-6-3-7-15-13(12)17-11-5-2-4-10(14)8-11/h2-9,16H,1H3/t9-/m1/s1. The van der Waals surface area contributed by atoms with Gasteiger partial charge in [0.2, 0.25) is 0 Å². The molecule has 1 heterocycles. The third kappa shape index (κ3) is 3.05. The van der Waals surface area contributed by atoms with E-state index in [0.717, 1.165) is 10.5 Å². The molecule has 0 aliphatic carbocycles. The summed E-state index contributed by atoms with van der Waals surface area (Å²) in [7, 11) is 0. The van der Waals surface area contributed by atoms with Crippen LogP contribution in [-0.2, 0) is 0 Å². The second kappa shape index (κ2) is 5.29. The van der Waals surface area contributed by atoms with Gasteiger partial charge >= 0.3 is 0 Å². The first kappa shape index (κ1) is 12.1. The molecule has 0 aliphatic heterocycles. The van der Waals surface area contributed by atoms with Crippen molar-refractivity contribution >= 4 is 11.8 Å². The number of aromatic nitrogens is 1. The number of halogens is 1. The first-order valence-corrected chi connectivity index (χ1v) is 6.05. The van der Waals surface area contributed by atoms with Crippen molar-refractivity contribution in [1.29, 1.82) is 0 Å². The molecule has 0 saturated heterocycles. The molecule has 0 saturated carbocycles. The maximum atomic E-state index is 13.0. The van der Waals surface area contributed by atoms with Gasteiger partial charge in [0.25, 0.3) is 0 Å². The molecule has 0 aliphatic rings. The Kier molecular flexibility index (Phi) is 3.76. The number of nitrogens with zero attached hydrogens (tertiary/aromatic N) is 1. The van der Waals surface area contributed by atoms with Gasteiger partial charge in [0.1, 0.15) is 10.8 Å². The smallest absolute Gasteiger partial charge is 0.124 e. The van der Waals surface area contributed by atoms with Crippen LogP contribution in [-0.4, -0.2) is 10.1 Å². The van der Waals surface area contributed by atoms with E-state index in [-0.39, 0.29) is 5.82 Å². The van der Waals surface area contributed by atoms with E-state index in [9.17, 15) is 9.50 Å². The summed E-state index contributed by atoms with van der Waals surface area (Å²) in [4.78, 5) is 4.97. The highest BCUT2D eigenvalue weighted by Crippen LogP contribution is 2.31. The maximum Gasteiger partial charge on any atom is 0.124 e. The zero-order valence-corrected chi connectivity index (χ0v) is 10.1. The quantitative estimate of drug-likeness (QED) is 0.904. The number of aliphatic hydroxyl groups excluding tert-OH is 1. The highest BCUT2D eigenvalue weighted by molar-refractivity contribution is 7.99. The molecule has 1 aromatic heterocycles. The van der Waals surface area contributed by atoms with E-state index in [1.165, 1.54) is 23.9 Å². The number of rotatable bonds is 3. The van der Waals surface area contributed by atoms with Gasteiger partial charge in [-0.3, -0.25) is 0 Å². The van der Waals surface area contributed by atoms with Crippen LogP contribution < -0.4 is 0 Å². The minimum Gasteiger partial charge on any atom is -0.389 e. The molecule has 1 atom stereocenters. The summed E-state index contributed by atoms with van der Waals surface area (Å²) in [5.74, 6) is -0.274. The van der Waals surface area contributed by atoms with Crippen molar-refractivity contribution in [2.75, 3.05) is 0 Å². The van der Waals surface area contributed by atoms with Gasteiger partial charge in [0.15, 0.2) is 0 Å². The van der Waals surface area contributed by atoms with Crippen molar-refractivity contribution in [2.24, 2.45) is 0 Å². The largest absolute Gasteiger partial charge is 0.389 e. The van der Waals surface area contributed by atoms with Crippen LogP contribution in [0.2, 0.25) is 0 Å². The Bertz CT molecular complexity index is 516. The summed E-state index contributed by atoms with van der Waals surface area (Å²) in [5, 5.41) is 10.3. The van der Waals surface area contributed by atoms with E-state index >= 15 is 0 Å². The predicted octanol–water partition coefficient (Wildman–Crippen LogP) is 3.43. The molecule has 0 bridgehead atoms. The maximum absolute atomic E-state index is 13.0. The summed E-state index contributed by atoms with van der Waals surface area (Å²) in [5.41, 5.74) is 0.752. The van der Waals surface area contributed by atoms with Crippen molar-refractivity contribution in [1.82, 2.24) is 4.98 Å². The van der Waals surface area contributed by atoms with Gasteiger partial charge in [-0.15, -0.1) is 0 Å². The van der Waals surface area contributed by atoms with Crippen molar-refractivity contribution in [3.8, 4) is 0 Å². The molecule has 88 valence electrons. The van der Waals surface area contributed by atoms with Gasteiger partial charge in [-0.2, -0.15) is 0 Å². The number of pyridine rings is 1. The Morgan fingerprint density at radius 1 is 1.29 bits per heavy atom. The van der Waals surface area contributed by atoms with E-state index in [4.69, 9.17) is 0 Å². The van der Waals surface area contributed by atoms with Crippen LogP contribution in [0.15, 0.2) is 52.5 Å². The predicted molar refractivity (Wildman–Crippen MR) is 65.4 cm³/mol. The number of aliphatic hydroxyl groups is 1. The van der Waals surface area contributed by atoms with E-state index in [1.54, 1.807) is 25.3 Å². The molecule has 0 fully saturated rings. The van der Waals surface area contributed by atoms with Crippen molar-refractivity contribution in [3.05, 3.63) is 54.0 Å². The molecule has 0 spiro atoms. The number of hydrogen-bond donors (Lipinski definition) is 1. The second-order valence-corrected chi connectivity index (χ2v) is 4.70. The van der Waals surface area contributed by atoms with Crippen LogP contribution in [0.5, 0.6) is 0 Å². The number of hydrogen-bond acceptors (Lipinski definition) is 3. The Morgan fingerprint density at radius 3 is 2.82 bits per heavy atom. The van der Waals surface area contributed by atoms with Gasteiger partial charge in [0, 0.05) is 16.7 Å². The van der Waals surface area contributed by atoms with Crippen LogP contribution in [0.1, 0.15) is 18.6 Å². The fourth-order valence-electron chi connectivity index (χ4n) is 1.45. The lowest BCUT2D eigenvalue weighted by atomic mass is 10.2. The van der Waals surface area contributed by atoms with Crippen LogP contribution >= 0.6 is 11.8 Å². The molecule has 2 aromatic rings. The second-order valence-electron chi connectivity index (χ2n) is 3.63. The minimum absolute atomic E-state index is 0.274. The summed E-state index contributed by atoms with van der Waals surface area (Å²) in [6, 6.07) is 9.91. The summed E-state index contributed by atoms with van der Waals surface area (Å²) >= 11 is 1.35. The summed E-state index contributed by atoms with van der Waals surface area (Å²) in [6.45, 7) is 1.69. The first-order chi connectivity index (χ1) is 8.16. The molecule has 0 amide bonds. The molecule has 0 unspecified atom stereocenters. The molecule has 4 heteroatoms. The zero-order valence-electron chi connectivity index (χ0n) is 9.30. The monoisotopic (exact) mass is 249 g/mol. The average Bonchev–Trinajstić information content (AvgIpc) is 2.29. The van der Waals surface area contributed by atoms with Gasteiger partial charge < -0.3 is 5.11 Å². The molecule has 17 heavy (non-hydrogen) atoms. The highest BCUT2D eigenvalue weighted by atomic mass is 32.2. The van der Waals surface area contributed by atoms with Gasteiger partial charge in [0.05, 0.1) is 6.10 Å². The topological polar surface area (TPSA) is 33.1 Å². The fourth-order valence-corrected chi connectivity index (χ4v) is 2.46. The summed E-state index contributed by atoms with van der Waals surface area (Å²) < 4.78 is 13.0. The average molecular weight is 249 g/mol. The zero-order chi connectivity index (χ0) is 12.3. The lowest BCUT2D eigenvalue weighted by Crippen LogP contribution is -1.95. The Hall–Kier alpha value is -1.39. The van der Waals surface area contributed by atoms with Crippen LogP contribution in [0, 0.1) is 5.82 Å². The Balaban J connectivity index is 2.30. The van der Waals surface area contributed by atoms with Crippen LogP contribution in [0.4, 0.5) is 4.39 Å². The minimum atomic E-state index is -0.584. The highest BCUT2D eigenvalue weighted by Gasteiger charge is 2.10. The number of benzene rings is 1. The van der Waals surface area contributed by atoms with Crippen molar-refractivity contribution in [2.45, 2.75) is 22.9 Å². The van der Waals surface area contributed by atoms with Crippen molar-refractivity contribution < 1.29 is 9.50 Å². The van der Waals surface area contributed by atoms with Gasteiger partial charge in [-0.05, 0) is 31.2 Å². The fraction of sp³-hybridized carbons (Fsp3) is 0.154. The SMILES string of the molecule is C[C@@H](O)c1cccnc1Sc1cccc(F)c1. The molecular weight excluding hydrogens is 237 g/mol. The Morgan fingerprint density at radius 2 is 2.12 bits per heavy atom. The van der Waals surface area contributed by atoms with Crippen LogP contribution in [0.3, 0.4) is 0 Å². The van der Waals surface area contributed by atoms with E-state index in [1.807, 2.05) is 12.1 Å². The molecule has 2 nitrogen and oxygen atoms in total. The molecule has 1 aromatic carbocycles. The molecular formula is C13H12FNOS. The Labute approximate surface area is 104 Å². The third-order valence-corrected chi connectivity index (χ3v) is 3.29. The molecule has 2 rings (SSSR count). The normalized spacial score (nSPS) is 12.4. The van der Waals surface area contributed by atoms with E-state index in [2.05, 4.69) is 4.98 Å². The molecule has 1 N–H and O–H groups in total. The van der Waals surface area contributed by atoms with E-state index in [0.29, 0.717) is 5.03 Å². The lowest BCUT2D eigenvalue weighted by molar-refractivity contribution is 0.195. The first-order valence-electron chi connectivity index (χ1n) is 5.23. The van der Waals surface area contributed by atoms with E-state index < -0.39 is 6.10 Å². The lowest BCUT2D eigenvalue weighted by Gasteiger charge is -2.09.